The molecule has 10 nitrogen and oxygen atoms in total. The van der Waals surface area contributed by atoms with Gasteiger partial charge >= 0.3 is 0 Å². The van der Waals surface area contributed by atoms with Crippen molar-refractivity contribution in [2.24, 2.45) is 0 Å². The SMILES string of the molecule is CN1CCN(C(=O)c2cnc3c(N)ncc(-c4ccc(-c5cnn(CC(=O)N(C)C)c5)cc4)c3c2)CC1.Cl.Cl. The Kier molecular flexibility index (Phi) is 9.49. The average Bonchev–Trinajstić information content (AvgIpc) is 3.37. The van der Waals surface area contributed by atoms with Crippen molar-refractivity contribution in [3.63, 3.8) is 0 Å². The van der Waals surface area contributed by atoms with E-state index in [2.05, 4.69) is 27.0 Å². The van der Waals surface area contributed by atoms with Crippen molar-refractivity contribution in [1.29, 1.82) is 0 Å². The van der Waals surface area contributed by atoms with Crippen LogP contribution in [0.2, 0.25) is 0 Å². The van der Waals surface area contributed by atoms with Crippen LogP contribution in [-0.2, 0) is 11.3 Å². The zero-order valence-electron chi connectivity index (χ0n) is 22.1. The number of carbonyl (C=O) groups excluding carboxylic acids is 2. The average molecular weight is 572 g/mol. The normalized spacial score (nSPS) is 13.5. The lowest BCUT2D eigenvalue weighted by Gasteiger charge is -2.32. The molecular formula is C27H32Cl2N8O2. The summed E-state index contributed by atoms with van der Waals surface area (Å²) in [5.74, 6) is 0.282. The van der Waals surface area contributed by atoms with E-state index in [0.29, 0.717) is 30.0 Å². The predicted octanol–water partition coefficient (Wildman–Crippen LogP) is 3.06. The van der Waals surface area contributed by atoms with Gasteiger partial charge in [0.25, 0.3) is 5.91 Å². The third-order valence-corrected chi connectivity index (χ3v) is 6.75. The molecule has 0 saturated carbocycles. The van der Waals surface area contributed by atoms with Crippen molar-refractivity contribution < 1.29 is 9.59 Å². The number of pyridine rings is 2. The minimum Gasteiger partial charge on any atom is -0.382 e. The number of nitrogens with two attached hydrogens (primary N) is 1. The van der Waals surface area contributed by atoms with E-state index in [1.807, 2.05) is 41.4 Å². The number of amides is 2. The number of nitrogen functional groups attached to an aromatic ring is 1. The van der Waals surface area contributed by atoms with Gasteiger partial charge in [0.1, 0.15) is 17.9 Å². The summed E-state index contributed by atoms with van der Waals surface area (Å²) in [6.07, 6.45) is 6.92. The summed E-state index contributed by atoms with van der Waals surface area (Å²) >= 11 is 0. The van der Waals surface area contributed by atoms with Gasteiger partial charge in [0.2, 0.25) is 5.91 Å². The van der Waals surface area contributed by atoms with Crippen LogP contribution < -0.4 is 5.73 Å². The highest BCUT2D eigenvalue weighted by Gasteiger charge is 2.22. The number of piperazine rings is 1. The number of likely N-dealkylation sites (N-methyl/N-ethyl adjacent to an activating group) is 2. The largest absolute Gasteiger partial charge is 0.382 e. The van der Waals surface area contributed by atoms with Gasteiger partial charge in [-0.1, -0.05) is 24.3 Å². The second-order valence-corrected chi connectivity index (χ2v) is 9.56. The molecule has 1 aromatic carbocycles. The summed E-state index contributed by atoms with van der Waals surface area (Å²) in [7, 11) is 5.51. The first-order valence-corrected chi connectivity index (χ1v) is 12.2. The van der Waals surface area contributed by atoms with Crippen molar-refractivity contribution in [2.45, 2.75) is 6.54 Å². The van der Waals surface area contributed by atoms with E-state index in [1.54, 1.807) is 42.3 Å². The minimum absolute atomic E-state index is 0. The molecule has 206 valence electrons. The van der Waals surface area contributed by atoms with Gasteiger partial charge in [-0.2, -0.15) is 5.10 Å². The second-order valence-electron chi connectivity index (χ2n) is 9.56. The Morgan fingerprint density at radius 3 is 2.26 bits per heavy atom. The zero-order valence-corrected chi connectivity index (χ0v) is 23.7. The molecule has 0 aliphatic carbocycles. The molecule has 3 aromatic heterocycles. The van der Waals surface area contributed by atoms with E-state index in [9.17, 15) is 9.59 Å². The summed E-state index contributed by atoms with van der Waals surface area (Å²) < 4.78 is 1.63. The fourth-order valence-electron chi connectivity index (χ4n) is 4.40. The maximum absolute atomic E-state index is 13.2. The van der Waals surface area contributed by atoms with Crippen LogP contribution in [-0.4, -0.2) is 93.6 Å². The first-order chi connectivity index (χ1) is 17.8. The summed E-state index contributed by atoms with van der Waals surface area (Å²) in [5, 5.41) is 5.10. The number of rotatable bonds is 5. The lowest BCUT2D eigenvalue weighted by atomic mass is 9.99. The van der Waals surface area contributed by atoms with Crippen LogP contribution in [0.25, 0.3) is 33.2 Å². The summed E-state index contributed by atoms with van der Waals surface area (Å²) in [5.41, 5.74) is 10.9. The number of benzene rings is 1. The van der Waals surface area contributed by atoms with E-state index in [1.165, 1.54) is 0 Å². The Morgan fingerprint density at radius 1 is 0.923 bits per heavy atom. The molecule has 2 N–H and O–H groups in total. The third kappa shape index (κ3) is 6.30. The molecule has 1 saturated heterocycles. The summed E-state index contributed by atoms with van der Waals surface area (Å²) in [6.45, 7) is 3.29. The molecule has 0 spiro atoms. The van der Waals surface area contributed by atoms with Gasteiger partial charge in [-0.3, -0.25) is 19.3 Å². The van der Waals surface area contributed by atoms with Crippen molar-refractivity contribution >= 4 is 53.3 Å². The number of hydrogen-bond donors (Lipinski definition) is 1. The number of halogens is 2. The number of carbonyl (C=O) groups is 2. The number of anilines is 1. The number of nitrogens with zero attached hydrogens (tertiary/aromatic N) is 7. The first-order valence-electron chi connectivity index (χ1n) is 12.2. The maximum Gasteiger partial charge on any atom is 0.255 e. The van der Waals surface area contributed by atoms with Crippen LogP contribution in [0.4, 0.5) is 5.82 Å². The molecule has 1 aliphatic rings. The topological polar surface area (TPSA) is 113 Å². The van der Waals surface area contributed by atoms with E-state index in [4.69, 9.17) is 5.73 Å². The fourth-order valence-corrected chi connectivity index (χ4v) is 4.40. The quantitative estimate of drug-likeness (QED) is 0.392. The van der Waals surface area contributed by atoms with Gasteiger partial charge in [-0.15, -0.1) is 24.8 Å². The Hall–Kier alpha value is -3.73. The minimum atomic E-state index is -0.0241. The third-order valence-electron chi connectivity index (χ3n) is 6.75. The van der Waals surface area contributed by atoms with Crippen LogP contribution in [0, 0.1) is 0 Å². The monoisotopic (exact) mass is 570 g/mol. The standard InChI is InChI=1S/C27H30N8O2.2ClH/c1-32(2)24(36)17-35-16-21(14-31-35)18-4-6-19(7-5-18)23-15-30-26(28)25-22(23)12-20(13-29-25)27(37)34-10-8-33(3)9-11-34;;/h4-7,12-16H,8-11,17H2,1-3H3,(H2,28,30);2*1H. The van der Waals surface area contributed by atoms with E-state index in [-0.39, 0.29) is 43.2 Å². The van der Waals surface area contributed by atoms with E-state index >= 15 is 0 Å². The lowest BCUT2D eigenvalue weighted by Crippen LogP contribution is -2.47. The predicted molar refractivity (Wildman–Crippen MR) is 157 cm³/mol. The summed E-state index contributed by atoms with van der Waals surface area (Å²) in [4.78, 5) is 39.6. The molecule has 2 amide bonds. The molecule has 12 heteroatoms. The Bertz CT molecular complexity index is 1460. The van der Waals surface area contributed by atoms with Crippen LogP contribution in [0.15, 0.2) is 55.1 Å². The molecule has 4 aromatic rings. The van der Waals surface area contributed by atoms with E-state index in [0.717, 1.165) is 40.7 Å². The van der Waals surface area contributed by atoms with Gasteiger partial charge < -0.3 is 20.4 Å². The smallest absolute Gasteiger partial charge is 0.255 e. The van der Waals surface area contributed by atoms with Crippen molar-refractivity contribution in [1.82, 2.24) is 34.4 Å². The van der Waals surface area contributed by atoms with Crippen molar-refractivity contribution in [3.05, 3.63) is 60.7 Å². The second kappa shape index (κ2) is 12.4. The molecule has 5 rings (SSSR count). The number of fused-ring (bicyclic) bond motifs is 1. The molecule has 0 radical (unpaired) electrons. The molecule has 0 bridgehead atoms. The van der Waals surface area contributed by atoms with Crippen LogP contribution in [0.3, 0.4) is 0 Å². The highest BCUT2D eigenvalue weighted by Crippen LogP contribution is 2.32. The van der Waals surface area contributed by atoms with Crippen LogP contribution >= 0.6 is 24.8 Å². The highest BCUT2D eigenvalue weighted by molar-refractivity contribution is 6.04. The van der Waals surface area contributed by atoms with Gasteiger partial charge in [-0.05, 0) is 24.2 Å². The van der Waals surface area contributed by atoms with Gasteiger partial charge in [-0.25, -0.2) is 4.98 Å². The van der Waals surface area contributed by atoms with Crippen LogP contribution in [0.1, 0.15) is 10.4 Å². The van der Waals surface area contributed by atoms with E-state index < -0.39 is 0 Å². The number of hydrogen-bond acceptors (Lipinski definition) is 7. The molecule has 4 heterocycles. The summed E-state index contributed by atoms with van der Waals surface area (Å²) in [6, 6.07) is 9.87. The number of aromatic nitrogens is 4. The highest BCUT2D eigenvalue weighted by atomic mass is 35.5. The lowest BCUT2D eigenvalue weighted by molar-refractivity contribution is -0.129. The molecule has 0 unspecified atom stereocenters. The van der Waals surface area contributed by atoms with Crippen molar-refractivity contribution in [3.8, 4) is 22.3 Å². The van der Waals surface area contributed by atoms with Gasteiger partial charge in [0.05, 0.1) is 11.8 Å². The van der Waals surface area contributed by atoms with Gasteiger partial charge in [0, 0.05) is 75.4 Å². The first kappa shape index (κ1) is 29.8. The molecular weight excluding hydrogens is 539 g/mol. The Labute approximate surface area is 239 Å². The molecule has 1 aliphatic heterocycles. The Morgan fingerprint density at radius 2 is 1.59 bits per heavy atom. The maximum atomic E-state index is 13.2. The van der Waals surface area contributed by atoms with Crippen LogP contribution in [0.5, 0.6) is 0 Å². The van der Waals surface area contributed by atoms with Gasteiger partial charge in [0.15, 0.2) is 0 Å². The van der Waals surface area contributed by atoms with Crippen molar-refractivity contribution in [2.75, 3.05) is 53.1 Å². The zero-order chi connectivity index (χ0) is 26.1. The molecule has 0 atom stereocenters. The molecule has 1 fully saturated rings. The molecule has 39 heavy (non-hydrogen) atoms. The Balaban J connectivity index is 0.00000210. The fraction of sp³-hybridized carbons (Fsp3) is 0.296.